The maximum Gasteiger partial charge on any atom is 0.0625 e. The van der Waals surface area contributed by atoms with Gasteiger partial charge in [-0.05, 0) is 44.7 Å². The Balaban J connectivity index is 1.66. The first kappa shape index (κ1) is 13.1. The van der Waals surface area contributed by atoms with Crippen LogP contribution in [0.25, 0.3) is 0 Å². The second-order valence-electron chi connectivity index (χ2n) is 5.95. The van der Waals surface area contributed by atoms with Crippen molar-refractivity contribution in [3.8, 4) is 0 Å². The van der Waals surface area contributed by atoms with Gasteiger partial charge in [-0.25, -0.2) is 0 Å². The third-order valence-electron chi connectivity index (χ3n) is 4.64. The maximum atomic E-state index is 4.65. The summed E-state index contributed by atoms with van der Waals surface area (Å²) < 4.78 is 2.17. The van der Waals surface area contributed by atoms with Crippen LogP contribution in [0.5, 0.6) is 0 Å². The largest absolute Gasteiger partial charge is 0.312 e. The lowest BCUT2D eigenvalue weighted by Crippen LogP contribution is -2.40. The van der Waals surface area contributed by atoms with Crippen LogP contribution in [0.4, 0.5) is 0 Å². The second kappa shape index (κ2) is 5.63. The van der Waals surface area contributed by atoms with Gasteiger partial charge in [-0.3, -0.25) is 9.58 Å². The summed E-state index contributed by atoms with van der Waals surface area (Å²) in [4.78, 5) is 2.61. The third-order valence-corrected chi connectivity index (χ3v) is 4.64. The Morgan fingerprint density at radius 2 is 2.26 bits per heavy atom. The fourth-order valence-electron chi connectivity index (χ4n) is 3.58. The predicted molar refractivity (Wildman–Crippen MR) is 77.1 cm³/mol. The Bertz CT molecular complexity index is 412. The molecule has 1 aromatic rings. The van der Waals surface area contributed by atoms with Crippen LogP contribution in [0.15, 0.2) is 6.07 Å². The number of hydrogen-bond acceptors (Lipinski definition) is 3. The molecule has 0 aliphatic carbocycles. The number of fused-ring (bicyclic) bond motifs is 1. The SMILES string of the molecule is CCc1cc(CN2CC3CCCNC3C2)n(CC)n1. The molecule has 2 aliphatic rings. The van der Waals surface area contributed by atoms with Crippen LogP contribution in [-0.4, -0.2) is 40.4 Å². The predicted octanol–water partition coefficient (Wildman–Crippen LogP) is 1.65. The molecule has 4 heteroatoms. The van der Waals surface area contributed by atoms with Gasteiger partial charge in [-0.2, -0.15) is 5.10 Å². The molecule has 2 fully saturated rings. The van der Waals surface area contributed by atoms with Crippen LogP contribution in [0.1, 0.15) is 38.1 Å². The van der Waals surface area contributed by atoms with Gasteiger partial charge in [0, 0.05) is 32.2 Å². The van der Waals surface area contributed by atoms with Crippen molar-refractivity contribution >= 4 is 0 Å². The van der Waals surface area contributed by atoms with Gasteiger partial charge in [0.2, 0.25) is 0 Å². The van der Waals surface area contributed by atoms with E-state index in [0.717, 1.165) is 31.5 Å². The molecular formula is C15H26N4. The first-order valence-corrected chi connectivity index (χ1v) is 7.81. The number of rotatable bonds is 4. The van der Waals surface area contributed by atoms with Crippen LogP contribution in [0.2, 0.25) is 0 Å². The van der Waals surface area contributed by atoms with Crippen LogP contribution in [-0.2, 0) is 19.5 Å². The zero-order valence-electron chi connectivity index (χ0n) is 12.2. The molecular weight excluding hydrogens is 236 g/mol. The number of piperidine rings is 1. The van der Waals surface area contributed by atoms with E-state index in [1.165, 1.54) is 43.9 Å². The van der Waals surface area contributed by atoms with Gasteiger partial charge < -0.3 is 5.32 Å². The molecule has 0 aromatic carbocycles. The summed E-state index contributed by atoms with van der Waals surface area (Å²) in [6.07, 6.45) is 3.79. The van der Waals surface area contributed by atoms with Crippen molar-refractivity contribution in [3.05, 3.63) is 17.5 Å². The van der Waals surface area contributed by atoms with Gasteiger partial charge in [-0.1, -0.05) is 6.92 Å². The molecule has 4 nitrogen and oxygen atoms in total. The van der Waals surface area contributed by atoms with Crippen LogP contribution in [0.3, 0.4) is 0 Å². The lowest BCUT2D eigenvalue weighted by molar-refractivity contribution is 0.302. The van der Waals surface area contributed by atoms with Gasteiger partial charge in [0.15, 0.2) is 0 Å². The Hall–Kier alpha value is -0.870. The van der Waals surface area contributed by atoms with E-state index in [0.29, 0.717) is 0 Å². The molecule has 2 saturated heterocycles. The number of nitrogens with one attached hydrogen (secondary N) is 1. The number of hydrogen-bond donors (Lipinski definition) is 1. The van der Waals surface area contributed by atoms with Crippen molar-refractivity contribution < 1.29 is 0 Å². The van der Waals surface area contributed by atoms with Crippen LogP contribution in [0, 0.1) is 5.92 Å². The second-order valence-corrected chi connectivity index (χ2v) is 5.95. The quantitative estimate of drug-likeness (QED) is 0.895. The van der Waals surface area contributed by atoms with Crippen molar-refractivity contribution in [2.45, 2.75) is 52.2 Å². The Labute approximate surface area is 116 Å². The van der Waals surface area contributed by atoms with Crippen LogP contribution < -0.4 is 5.32 Å². The number of aryl methyl sites for hydroxylation is 2. The molecule has 1 N–H and O–H groups in total. The zero-order chi connectivity index (χ0) is 13.2. The van der Waals surface area contributed by atoms with Gasteiger partial charge >= 0.3 is 0 Å². The minimum absolute atomic E-state index is 0.734. The highest BCUT2D eigenvalue weighted by molar-refractivity contribution is 5.11. The highest BCUT2D eigenvalue weighted by Crippen LogP contribution is 2.26. The molecule has 2 atom stereocenters. The topological polar surface area (TPSA) is 33.1 Å². The monoisotopic (exact) mass is 262 g/mol. The summed E-state index contributed by atoms with van der Waals surface area (Å²) in [6.45, 7) is 10.1. The third kappa shape index (κ3) is 2.70. The minimum atomic E-state index is 0.734. The van der Waals surface area contributed by atoms with Crippen molar-refractivity contribution in [1.82, 2.24) is 20.0 Å². The van der Waals surface area contributed by atoms with Gasteiger partial charge in [-0.15, -0.1) is 0 Å². The van der Waals surface area contributed by atoms with E-state index in [-0.39, 0.29) is 0 Å². The van der Waals surface area contributed by atoms with E-state index in [1.54, 1.807) is 0 Å². The molecule has 2 unspecified atom stereocenters. The van der Waals surface area contributed by atoms with Crippen molar-refractivity contribution in [1.29, 1.82) is 0 Å². The van der Waals surface area contributed by atoms with Crippen LogP contribution >= 0.6 is 0 Å². The highest BCUT2D eigenvalue weighted by Gasteiger charge is 2.34. The Kier molecular flexibility index (Phi) is 3.89. The minimum Gasteiger partial charge on any atom is -0.312 e. The molecule has 2 aliphatic heterocycles. The maximum absolute atomic E-state index is 4.65. The average molecular weight is 262 g/mol. The lowest BCUT2D eigenvalue weighted by atomic mass is 9.94. The average Bonchev–Trinajstić information content (AvgIpc) is 3.01. The Morgan fingerprint density at radius 3 is 3.00 bits per heavy atom. The van der Waals surface area contributed by atoms with Gasteiger partial charge in [0.1, 0.15) is 0 Å². The summed E-state index contributed by atoms with van der Waals surface area (Å²) in [5.41, 5.74) is 2.62. The highest BCUT2D eigenvalue weighted by atomic mass is 15.3. The summed E-state index contributed by atoms with van der Waals surface area (Å²) in [5.74, 6) is 0.873. The lowest BCUT2D eigenvalue weighted by Gasteiger charge is -2.24. The molecule has 0 bridgehead atoms. The van der Waals surface area contributed by atoms with Crippen molar-refractivity contribution in [3.63, 3.8) is 0 Å². The smallest absolute Gasteiger partial charge is 0.0625 e. The molecule has 19 heavy (non-hydrogen) atoms. The fraction of sp³-hybridized carbons (Fsp3) is 0.800. The summed E-state index contributed by atoms with van der Waals surface area (Å²) in [6, 6.07) is 3.02. The number of nitrogens with zero attached hydrogens (tertiary/aromatic N) is 3. The molecule has 106 valence electrons. The van der Waals surface area contributed by atoms with E-state index in [2.05, 4.69) is 39.9 Å². The molecule has 0 saturated carbocycles. The molecule has 3 rings (SSSR count). The fourth-order valence-corrected chi connectivity index (χ4v) is 3.58. The first-order valence-electron chi connectivity index (χ1n) is 7.81. The van der Waals surface area contributed by atoms with Crippen molar-refractivity contribution in [2.24, 2.45) is 5.92 Å². The number of aromatic nitrogens is 2. The normalized spacial score (nSPS) is 27.7. The molecule has 1 aromatic heterocycles. The number of likely N-dealkylation sites (tertiary alicyclic amines) is 1. The van der Waals surface area contributed by atoms with E-state index in [1.807, 2.05) is 0 Å². The summed E-state index contributed by atoms with van der Waals surface area (Å²) >= 11 is 0. The molecule has 0 amide bonds. The van der Waals surface area contributed by atoms with Crippen molar-refractivity contribution in [2.75, 3.05) is 19.6 Å². The van der Waals surface area contributed by atoms with Gasteiger partial charge in [0.25, 0.3) is 0 Å². The summed E-state index contributed by atoms with van der Waals surface area (Å²) in [7, 11) is 0. The van der Waals surface area contributed by atoms with Gasteiger partial charge in [0.05, 0.1) is 11.4 Å². The zero-order valence-corrected chi connectivity index (χ0v) is 12.2. The molecule has 0 radical (unpaired) electrons. The molecule has 3 heterocycles. The van der Waals surface area contributed by atoms with E-state index < -0.39 is 0 Å². The standard InChI is InChI=1S/C15H26N4/c1-3-13-8-14(19(4-2)17-13)10-18-9-12-6-5-7-16-15(12)11-18/h8,12,15-16H,3-7,9-11H2,1-2H3. The Morgan fingerprint density at radius 1 is 1.37 bits per heavy atom. The van der Waals surface area contributed by atoms with E-state index in [9.17, 15) is 0 Å². The van der Waals surface area contributed by atoms with E-state index in [4.69, 9.17) is 0 Å². The molecule has 0 spiro atoms. The van der Waals surface area contributed by atoms with E-state index >= 15 is 0 Å². The summed E-state index contributed by atoms with van der Waals surface area (Å²) in [5, 5.41) is 8.33. The first-order chi connectivity index (χ1) is 9.30.